The molecule has 144 valence electrons. The Morgan fingerprint density at radius 2 is 1.68 bits per heavy atom. The molecular formula is C23H24FN3O. The fourth-order valence-corrected chi connectivity index (χ4v) is 3.76. The van der Waals surface area contributed by atoms with Gasteiger partial charge in [-0.1, -0.05) is 12.1 Å². The van der Waals surface area contributed by atoms with Crippen molar-refractivity contribution in [2.24, 2.45) is 0 Å². The van der Waals surface area contributed by atoms with Gasteiger partial charge in [0, 0.05) is 42.9 Å². The summed E-state index contributed by atoms with van der Waals surface area (Å²) in [7, 11) is 1.67. The lowest BCUT2D eigenvalue weighted by molar-refractivity contribution is 0.279. The minimum Gasteiger partial charge on any atom is -0.497 e. The fraction of sp³-hybridized carbons (Fsp3) is 0.304. The van der Waals surface area contributed by atoms with Crippen LogP contribution in [-0.4, -0.2) is 35.1 Å². The van der Waals surface area contributed by atoms with E-state index in [0.29, 0.717) is 0 Å². The molecule has 0 radical (unpaired) electrons. The maximum Gasteiger partial charge on any atom is 0.126 e. The molecule has 0 aliphatic carbocycles. The Morgan fingerprint density at radius 1 is 0.964 bits per heavy atom. The van der Waals surface area contributed by atoms with Crippen molar-refractivity contribution in [2.45, 2.75) is 26.3 Å². The zero-order valence-corrected chi connectivity index (χ0v) is 16.3. The monoisotopic (exact) mass is 377 g/mol. The summed E-state index contributed by atoms with van der Waals surface area (Å²) >= 11 is 0. The van der Waals surface area contributed by atoms with E-state index in [1.54, 1.807) is 7.11 Å². The summed E-state index contributed by atoms with van der Waals surface area (Å²) < 4.78 is 18.4. The molecule has 3 aromatic rings. The third-order valence-electron chi connectivity index (χ3n) is 5.23. The van der Waals surface area contributed by atoms with Gasteiger partial charge in [-0.2, -0.15) is 0 Å². The topological polar surface area (TPSA) is 38.3 Å². The third-order valence-corrected chi connectivity index (χ3v) is 5.23. The summed E-state index contributed by atoms with van der Waals surface area (Å²) in [4.78, 5) is 11.9. The first kappa shape index (κ1) is 18.6. The normalized spacial score (nSPS) is 14.4. The summed E-state index contributed by atoms with van der Waals surface area (Å²) in [5.74, 6) is 1.45. The van der Waals surface area contributed by atoms with Crippen molar-refractivity contribution in [2.75, 3.05) is 20.2 Å². The summed E-state index contributed by atoms with van der Waals surface area (Å²) in [6.45, 7) is 4.63. The minimum atomic E-state index is -0.193. The zero-order valence-electron chi connectivity index (χ0n) is 16.3. The average molecular weight is 377 g/mol. The van der Waals surface area contributed by atoms with E-state index in [1.165, 1.54) is 17.7 Å². The maximum absolute atomic E-state index is 13.2. The van der Waals surface area contributed by atoms with Gasteiger partial charge in [0.2, 0.25) is 0 Å². The molecule has 28 heavy (non-hydrogen) atoms. The largest absolute Gasteiger partial charge is 0.497 e. The van der Waals surface area contributed by atoms with Crippen LogP contribution in [0.5, 0.6) is 5.75 Å². The molecule has 1 aromatic heterocycles. The van der Waals surface area contributed by atoms with Gasteiger partial charge in [0.15, 0.2) is 0 Å². The Labute approximate surface area is 165 Å². The van der Waals surface area contributed by atoms with Crippen LogP contribution in [0, 0.1) is 12.7 Å². The Hall–Kier alpha value is -2.79. The van der Waals surface area contributed by atoms with Crippen LogP contribution in [0.15, 0.2) is 48.5 Å². The Balaban J connectivity index is 1.58. The van der Waals surface area contributed by atoms with Crippen LogP contribution in [0.25, 0.3) is 11.3 Å². The van der Waals surface area contributed by atoms with Crippen molar-refractivity contribution in [3.05, 3.63) is 77.0 Å². The van der Waals surface area contributed by atoms with E-state index in [9.17, 15) is 4.39 Å². The Kier molecular flexibility index (Phi) is 5.35. The number of aryl methyl sites for hydroxylation is 1. The second-order valence-electron chi connectivity index (χ2n) is 7.18. The molecule has 4 rings (SSSR count). The van der Waals surface area contributed by atoms with E-state index in [4.69, 9.17) is 14.7 Å². The maximum atomic E-state index is 13.2. The van der Waals surface area contributed by atoms with E-state index in [-0.39, 0.29) is 5.82 Å². The van der Waals surface area contributed by atoms with Crippen LogP contribution < -0.4 is 4.74 Å². The Morgan fingerprint density at radius 3 is 2.39 bits per heavy atom. The molecule has 0 bridgehead atoms. The predicted molar refractivity (Wildman–Crippen MR) is 108 cm³/mol. The first-order valence-electron chi connectivity index (χ1n) is 9.60. The molecule has 2 heterocycles. The van der Waals surface area contributed by atoms with Crippen LogP contribution in [0.1, 0.15) is 22.6 Å². The van der Waals surface area contributed by atoms with Gasteiger partial charge in [-0.15, -0.1) is 0 Å². The standard InChI is InChI=1S/C23H24FN3O/c1-16-25-22-12-14-27(15-17-3-7-19(24)8-4-17)13-11-21(22)23(26-16)18-5-9-20(28-2)10-6-18/h3-10H,11-15H2,1-2H3. The summed E-state index contributed by atoms with van der Waals surface area (Å²) in [6, 6.07) is 14.8. The van der Waals surface area contributed by atoms with Gasteiger partial charge < -0.3 is 4.74 Å². The van der Waals surface area contributed by atoms with Crippen molar-refractivity contribution >= 4 is 0 Å². The lowest BCUT2D eigenvalue weighted by Crippen LogP contribution is -2.25. The van der Waals surface area contributed by atoms with E-state index in [1.807, 2.05) is 31.2 Å². The molecule has 0 amide bonds. The van der Waals surface area contributed by atoms with Gasteiger partial charge in [-0.3, -0.25) is 4.90 Å². The van der Waals surface area contributed by atoms with Gasteiger partial charge in [-0.25, -0.2) is 14.4 Å². The quantitative estimate of drug-likeness (QED) is 0.683. The van der Waals surface area contributed by atoms with Crippen LogP contribution >= 0.6 is 0 Å². The number of rotatable bonds is 4. The minimum absolute atomic E-state index is 0.193. The van der Waals surface area contributed by atoms with Crippen LogP contribution in [0.4, 0.5) is 4.39 Å². The van der Waals surface area contributed by atoms with E-state index < -0.39 is 0 Å². The van der Waals surface area contributed by atoms with Gasteiger partial charge >= 0.3 is 0 Å². The van der Waals surface area contributed by atoms with Crippen molar-refractivity contribution in [3.8, 4) is 17.0 Å². The van der Waals surface area contributed by atoms with Crippen molar-refractivity contribution in [3.63, 3.8) is 0 Å². The Bertz CT molecular complexity index is 955. The molecule has 0 atom stereocenters. The highest BCUT2D eigenvalue weighted by molar-refractivity contribution is 5.65. The molecule has 5 heteroatoms. The molecule has 4 nitrogen and oxygen atoms in total. The molecular weight excluding hydrogens is 353 g/mol. The van der Waals surface area contributed by atoms with Crippen LogP contribution in [0.2, 0.25) is 0 Å². The molecule has 2 aromatic carbocycles. The highest BCUT2D eigenvalue weighted by atomic mass is 19.1. The summed E-state index contributed by atoms with van der Waals surface area (Å²) in [5.41, 5.74) is 5.62. The smallest absolute Gasteiger partial charge is 0.126 e. The molecule has 0 spiro atoms. The highest BCUT2D eigenvalue weighted by Crippen LogP contribution is 2.28. The number of aromatic nitrogens is 2. The van der Waals surface area contributed by atoms with Gasteiger partial charge in [0.25, 0.3) is 0 Å². The van der Waals surface area contributed by atoms with Crippen LogP contribution in [-0.2, 0) is 19.4 Å². The second kappa shape index (κ2) is 8.07. The van der Waals surface area contributed by atoms with Crippen molar-refractivity contribution in [1.82, 2.24) is 14.9 Å². The first-order valence-corrected chi connectivity index (χ1v) is 9.60. The second-order valence-corrected chi connectivity index (χ2v) is 7.18. The van der Waals surface area contributed by atoms with E-state index in [0.717, 1.165) is 66.6 Å². The lowest BCUT2D eigenvalue weighted by atomic mass is 10.0. The third kappa shape index (κ3) is 4.04. The zero-order chi connectivity index (χ0) is 19.5. The molecule has 1 aliphatic heterocycles. The molecule has 1 aliphatic rings. The highest BCUT2D eigenvalue weighted by Gasteiger charge is 2.20. The van der Waals surface area contributed by atoms with Crippen molar-refractivity contribution < 1.29 is 9.13 Å². The summed E-state index contributed by atoms with van der Waals surface area (Å²) in [6.07, 6.45) is 1.79. The number of fused-ring (bicyclic) bond motifs is 1. The predicted octanol–water partition coefficient (Wildman–Crippen LogP) is 4.20. The van der Waals surface area contributed by atoms with Gasteiger partial charge in [0.05, 0.1) is 12.8 Å². The number of methoxy groups -OCH3 is 1. The molecule has 0 N–H and O–H groups in total. The number of nitrogens with zero attached hydrogens (tertiary/aromatic N) is 3. The number of halogens is 1. The molecule has 0 unspecified atom stereocenters. The molecule has 0 fully saturated rings. The number of hydrogen-bond acceptors (Lipinski definition) is 4. The van der Waals surface area contributed by atoms with Crippen molar-refractivity contribution in [1.29, 1.82) is 0 Å². The first-order chi connectivity index (χ1) is 13.6. The number of ether oxygens (including phenoxy) is 1. The van der Waals surface area contributed by atoms with Gasteiger partial charge in [0.1, 0.15) is 17.4 Å². The fourth-order valence-electron chi connectivity index (χ4n) is 3.76. The number of benzene rings is 2. The SMILES string of the molecule is COc1ccc(-c2nc(C)nc3c2CCN(Cc2ccc(F)cc2)CC3)cc1. The van der Waals surface area contributed by atoms with E-state index in [2.05, 4.69) is 17.0 Å². The van der Waals surface area contributed by atoms with Crippen LogP contribution in [0.3, 0.4) is 0 Å². The lowest BCUT2D eigenvalue weighted by Gasteiger charge is -2.19. The number of hydrogen-bond donors (Lipinski definition) is 0. The molecule has 0 saturated heterocycles. The summed E-state index contributed by atoms with van der Waals surface area (Å²) in [5, 5.41) is 0. The van der Waals surface area contributed by atoms with E-state index >= 15 is 0 Å². The molecule has 0 saturated carbocycles. The van der Waals surface area contributed by atoms with Gasteiger partial charge in [-0.05, 0) is 55.3 Å². The average Bonchev–Trinajstić information content (AvgIpc) is 2.91.